The summed E-state index contributed by atoms with van der Waals surface area (Å²) in [5.41, 5.74) is -0.282. The molecule has 19 heavy (non-hydrogen) atoms. The van der Waals surface area contributed by atoms with Crippen LogP contribution in [0.15, 0.2) is 24.3 Å². The SMILES string of the molecule is COc1c(C(F)(F)F)nn(-c2ccc(Cl)cc2)c1C. The number of hydrogen-bond acceptors (Lipinski definition) is 2. The summed E-state index contributed by atoms with van der Waals surface area (Å²) in [4.78, 5) is 0. The topological polar surface area (TPSA) is 27.1 Å². The number of benzene rings is 1. The van der Waals surface area contributed by atoms with E-state index in [-0.39, 0.29) is 11.4 Å². The van der Waals surface area contributed by atoms with Crippen molar-refractivity contribution in [3.63, 3.8) is 0 Å². The van der Waals surface area contributed by atoms with Crippen LogP contribution in [0.1, 0.15) is 11.4 Å². The molecule has 1 heterocycles. The van der Waals surface area contributed by atoms with E-state index in [9.17, 15) is 13.2 Å². The van der Waals surface area contributed by atoms with Crippen molar-refractivity contribution in [1.82, 2.24) is 9.78 Å². The highest BCUT2D eigenvalue weighted by Gasteiger charge is 2.39. The van der Waals surface area contributed by atoms with Gasteiger partial charge in [-0.1, -0.05) is 11.6 Å². The number of aromatic nitrogens is 2. The van der Waals surface area contributed by atoms with Crippen LogP contribution in [-0.4, -0.2) is 16.9 Å². The van der Waals surface area contributed by atoms with Gasteiger partial charge in [-0.15, -0.1) is 0 Å². The van der Waals surface area contributed by atoms with E-state index in [1.165, 1.54) is 18.7 Å². The highest BCUT2D eigenvalue weighted by atomic mass is 35.5. The summed E-state index contributed by atoms with van der Waals surface area (Å²) in [7, 11) is 1.19. The molecular weight excluding hydrogens is 281 g/mol. The number of nitrogens with zero attached hydrogens (tertiary/aromatic N) is 2. The number of ether oxygens (including phenoxy) is 1. The molecule has 0 saturated heterocycles. The lowest BCUT2D eigenvalue weighted by atomic mass is 10.3. The van der Waals surface area contributed by atoms with Gasteiger partial charge in [-0.3, -0.25) is 0 Å². The molecule has 3 nitrogen and oxygen atoms in total. The van der Waals surface area contributed by atoms with Gasteiger partial charge in [-0.25, -0.2) is 4.68 Å². The van der Waals surface area contributed by atoms with Crippen LogP contribution in [0, 0.1) is 6.92 Å². The molecule has 1 aromatic carbocycles. The molecule has 0 aliphatic rings. The second kappa shape index (κ2) is 4.77. The van der Waals surface area contributed by atoms with Crippen molar-refractivity contribution in [3.05, 3.63) is 40.7 Å². The average Bonchev–Trinajstić information content (AvgIpc) is 2.67. The van der Waals surface area contributed by atoms with Crippen LogP contribution in [0.4, 0.5) is 13.2 Å². The fourth-order valence-electron chi connectivity index (χ4n) is 1.75. The number of hydrogen-bond donors (Lipinski definition) is 0. The maximum Gasteiger partial charge on any atom is 0.438 e. The number of alkyl halides is 3. The summed E-state index contributed by atoms with van der Waals surface area (Å²) in [6, 6.07) is 6.33. The van der Waals surface area contributed by atoms with E-state index in [1.54, 1.807) is 24.3 Å². The Hall–Kier alpha value is -1.69. The second-order valence-electron chi connectivity index (χ2n) is 3.85. The van der Waals surface area contributed by atoms with E-state index in [2.05, 4.69) is 5.10 Å². The molecule has 102 valence electrons. The van der Waals surface area contributed by atoms with Crippen molar-refractivity contribution in [2.24, 2.45) is 0 Å². The molecule has 0 aliphatic heterocycles. The minimum Gasteiger partial charge on any atom is -0.493 e. The Balaban J connectivity index is 2.59. The van der Waals surface area contributed by atoms with Gasteiger partial charge in [0.15, 0.2) is 5.75 Å². The van der Waals surface area contributed by atoms with Gasteiger partial charge in [-0.2, -0.15) is 18.3 Å². The summed E-state index contributed by atoms with van der Waals surface area (Å²) in [5.74, 6) is -0.276. The predicted molar refractivity (Wildman–Crippen MR) is 64.9 cm³/mol. The Morgan fingerprint density at radius 3 is 2.21 bits per heavy atom. The van der Waals surface area contributed by atoms with Crippen LogP contribution in [0.3, 0.4) is 0 Å². The Bertz CT molecular complexity index is 590. The Morgan fingerprint density at radius 2 is 1.79 bits per heavy atom. The molecule has 0 radical (unpaired) electrons. The molecule has 0 amide bonds. The largest absolute Gasteiger partial charge is 0.493 e. The fraction of sp³-hybridized carbons (Fsp3) is 0.250. The Labute approximate surface area is 112 Å². The smallest absolute Gasteiger partial charge is 0.438 e. The zero-order valence-electron chi connectivity index (χ0n) is 10.1. The van der Waals surface area contributed by atoms with Gasteiger partial charge in [0, 0.05) is 5.02 Å². The Morgan fingerprint density at radius 1 is 1.21 bits per heavy atom. The summed E-state index contributed by atoms with van der Waals surface area (Å²) in [6.07, 6.45) is -4.56. The van der Waals surface area contributed by atoms with E-state index in [0.717, 1.165) is 0 Å². The van der Waals surface area contributed by atoms with Crippen LogP contribution >= 0.6 is 11.6 Å². The molecule has 0 saturated carbocycles. The molecule has 1 aromatic heterocycles. The van der Waals surface area contributed by atoms with Gasteiger partial charge in [0.2, 0.25) is 5.69 Å². The molecule has 0 unspecified atom stereocenters. The summed E-state index contributed by atoms with van der Waals surface area (Å²) >= 11 is 5.74. The van der Waals surface area contributed by atoms with Gasteiger partial charge >= 0.3 is 6.18 Å². The first-order valence-electron chi connectivity index (χ1n) is 5.31. The Kier molecular flexibility index (Phi) is 3.45. The van der Waals surface area contributed by atoms with Crippen molar-refractivity contribution in [3.8, 4) is 11.4 Å². The molecule has 0 bridgehead atoms. The van der Waals surface area contributed by atoms with Gasteiger partial charge in [-0.05, 0) is 31.2 Å². The molecule has 2 rings (SSSR count). The van der Waals surface area contributed by atoms with Crippen LogP contribution in [-0.2, 0) is 6.18 Å². The molecule has 2 aromatic rings. The molecule has 0 atom stereocenters. The van der Waals surface area contributed by atoms with E-state index < -0.39 is 11.9 Å². The third-order valence-electron chi connectivity index (χ3n) is 2.61. The highest BCUT2D eigenvalue weighted by Crippen LogP contribution is 2.38. The standard InChI is InChI=1S/C12H10ClF3N2O/c1-7-10(19-2)11(12(14,15)16)17-18(7)9-5-3-8(13)4-6-9/h3-6H,1-2H3. The van der Waals surface area contributed by atoms with Gasteiger partial charge in [0.25, 0.3) is 0 Å². The third kappa shape index (κ3) is 2.53. The third-order valence-corrected chi connectivity index (χ3v) is 2.86. The lowest BCUT2D eigenvalue weighted by Crippen LogP contribution is -2.08. The number of methoxy groups -OCH3 is 1. The molecule has 0 N–H and O–H groups in total. The second-order valence-corrected chi connectivity index (χ2v) is 4.29. The summed E-state index contributed by atoms with van der Waals surface area (Å²) in [6.45, 7) is 1.51. The minimum atomic E-state index is -4.56. The van der Waals surface area contributed by atoms with Crippen molar-refractivity contribution >= 4 is 11.6 Å². The number of rotatable bonds is 2. The fourth-order valence-corrected chi connectivity index (χ4v) is 1.88. The summed E-state index contributed by atoms with van der Waals surface area (Å²) < 4.78 is 44.5. The molecule has 0 aliphatic carbocycles. The molecule has 0 spiro atoms. The first kappa shape index (κ1) is 13.7. The van der Waals surface area contributed by atoms with Crippen LogP contribution < -0.4 is 4.74 Å². The first-order valence-corrected chi connectivity index (χ1v) is 5.69. The molecule has 7 heteroatoms. The molecular formula is C12H10ClF3N2O. The molecule has 0 fully saturated rings. The monoisotopic (exact) mass is 290 g/mol. The summed E-state index contributed by atoms with van der Waals surface area (Å²) in [5, 5.41) is 4.07. The van der Waals surface area contributed by atoms with E-state index in [0.29, 0.717) is 10.7 Å². The average molecular weight is 291 g/mol. The van der Waals surface area contributed by atoms with Crippen molar-refractivity contribution in [1.29, 1.82) is 0 Å². The van der Waals surface area contributed by atoms with E-state index in [1.807, 2.05) is 0 Å². The van der Waals surface area contributed by atoms with Crippen LogP contribution in [0.5, 0.6) is 5.75 Å². The minimum absolute atomic E-state index is 0.275. The quantitative estimate of drug-likeness (QED) is 0.840. The zero-order chi connectivity index (χ0) is 14.2. The van der Waals surface area contributed by atoms with E-state index in [4.69, 9.17) is 16.3 Å². The van der Waals surface area contributed by atoms with E-state index >= 15 is 0 Å². The predicted octanol–water partition coefficient (Wildman–Crippen LogP) is 3.86. The van der Waals surface area contributed by atoms with Gasteiger partial charge in [0.1, 0.15) is 0 Å². The van der Waals surface area contributed by atoms with Crippen molar-refractivity contribution in [2.45, 2.75) is 13.1 Å². The van der Waals surface area contributed by atoms with Gasteiger partial charge < -0.3 is 4.74 Å². The van der Waals surface area contributed by atoms with Crippen molar-refractivity contribution in [2.75, 3.05) is 7.11 Å². The maximum atomic E-state index is 12.8. The van der Waals surface area contributed by atoms with Gasteiger partial charge in [0.05, 0.1) is 18.5 Å². The highest BCUT2D eigenvalue weighted by molar-refractivity contribution is 6.30. The zero-order valence-corrected chi connectivity index (χ0v) is 10.9. The lowest BCUT2D eigenvalue weighted by Gasteiger charge is -2.04. The maximum absolute atomic E-state index is 12.8. The van der Waals surface area contributed by atoms with Crippen molar-refractivity contribution < 1.29 is 17.9 Å². The normalized spacial score (nSPS) is 11.7. The van der Waals surface area contributed by atoms with Crippen LogP contribution in [0.25, 0.3) is 5.69 Å². The number of halogens is 4. The first-order chi connectivity index (χ1) is 8.84. The lowest BCUT2D eigenvalue weighted by molar-refractivity contribution is -0.142. The van der Waals surface area contributed by atoms with Crippen LogP contribution in [0.2, 0.25) is 5.02 Å².